The predicted octanol–water partition coefficient (Wildman–Crippen LogP) is 21.1. The summed E-state index contributed by atoms with van der Waals surface area (Å²) in [6, 6.07) is 58.4. The van der Waals surface area contributed by atoms with E-state index in [-0.39, 0.29) is 0 Å². The van der Waals surface area contributed by atoms with Crippen LogP contribution in [-0.2, 0) is 6.42 Å². The molecule has 0 atom stereocenters. The van der Waals surface area contributed by atoms with Gasteiger partial charge in [0.2, 0.25) is 0 Å². The first kappa shape index (κ1) is 48.9. The molecular formula is C71H61N3S2. The fourth-order valence-electron chi connectivity index (χ4n) is 11.4. The lowest BCUT2D eigenvalue weighted by Gasteiger charge is -2.17. The Morgan fingerprint density at radius 2 is 1.36 bits per heavy atom. The maximum absolute atomic E-state index is 4.95. The number of hydrogen-bond acceptors (Lipinski definition) is 4. The van der Waals surface area contributed by atoms with Gasteiger partial charge < -0.3 is 4.57 Å². The molecule has 76 heavy (non-hydrogen) atoms. The molecule has 0 amide bonds. The number of unbranched alkanes of at least 4 members (excludes halogenated alkanes) is 1. The number of nitrogens with zero attached hydrogens (tertiary/aromatic N) is 3. The lowest BCUT2D eigenvalue weighted by Crippen LogP contribution is -1.99. The lowest BCUT2D eigenvalue weighted by atomic mass is 9.87. The average Bonchev–Trinajstić information content (AvgIpc) is 4.36. The molecule has 12 aromatic rings. The highest BCUT2D eigenvalue weighted by atomic mass is 32.1. The van der Waals surface area contributed by atoms with E-state index >= 15 is 0 Å². The summed E-state index contributed by atoms with van der Waals surface area (Å²) in [6.45, 7) is 12.8. The van der Waals surface area contributed by atoms with Crippen LogP contribution in [0.1, 0.15) is 74.7 Å². The Labute approximate surface area is 454 Å². The van der Waals surface area contributed by atoms with Crippen molar-refractivity contribution in [2.45, 2.75) is 73.6 Å². The standard InChI is InChI=1S/C46H33NS.C23H22N2S.C2H6/c1-28-12-6-9-17-35(28)44-29(2)46-45(40-25-30-13-7-8-14-31(30)27-43(40)48-46)38-23-21-32(24-39(38)44)33-20-22-37-36-18-10-11-19-41(36)47(42(37)26-33)34-15-4-3-5-16-34;1-3-4-5-7-17-14-20-21(15-17)25-23(16(2)24-20)19-11-9-18(10-12-19)22-8-6-13-26-22;1-2/h4,6-27H,3,5H2,1-2H3;5-14H,3-4,15H2,1-2H3;1-2H3/b;7-5-;. The number of aromatic nitrogens is 3. The molecule has 372 valence electrons. The van der Waals surface area contributed by atoms with Gasteiger partial charge in [-0.3, -0.25) is 0 Å². The molecule has 14 rings (SSSR count). The zero-order valence-electron chi connectivity index (χ0n) is 44.2. The molecule has 2 aliphatic carbocycles. The zero-order valence-corrected chi connectivity index (χ0v) is 45.9. The molecule has 0 aliphatic heterocycles. The van der Waals surface area contributed by atoms with Crippen molar-refractivity contribution in [1.29, 1.82) is 0 Å². The summed E-state index contributed by atoms with van der Waals surface area (Å²) < 4.78 is 5.20. The first-order valence-corrected chi connectivity index (χ1v) is 28.7. The summed E-state index contributed by atoms with van der Waals surface area (Å²) in [4.78, 5) is 11.1. The molecule has 8 aromatic carbocycles. The minimum absolute atomic E-state index is 0.878. The van der Waals surface area contributed by atoms with Crippen molar-refractivity contribution >= 4 is 98.0 Å². The van der Waals surface area contributed by atoms with Gasteiger partial charge in [-0.25, -0.2) is 9.97 Å². The average molecular weight is 1020 g/mol. The molecule has 5 heteroatoms. The Morgan fingerprint density at radius 1 is 0.632 bits per heavy atom. The van der Waals surface area contributed by atoms with E-state index in [1.165, 1.54) is 125 Å². The summed E-state index contributed by atoms with van der Waals surface area (Å²) >= 11 is 3.70. The smallest absolute Gasteiger partial charge is 0.0918 e. The van der Waals surface area contributed by atoms with Gasteiger partial charge in [0.15, 0.2) is 0 Å². The Bertz CT molecular complexity index is 4310. The Kier molecular flexibility index (Phi) is 13.5. The number of aryl methyl sites for hydroxylation is 3. The van der Waals surface area contributed by atoms with Crippen LogP contribution in [-0.4, -0.2) is 14.5 Å². The van der Waals surface area contributed by atoms with Crippen molar-refractivity contribution in [3.63, 3.8) is 0 Å². The first-order valence-electron chi connectivity index (χ1n) is 27.1. The molecule has 2 aliphatic rings. The number of para-hydroxylation sites is 1. The van der Waals surface area contributed by atoms with Crippen molar-refractivity contribution in [2.24, 2.45) is 0 Å². The van der Waals surface area contributed by atoms with Gasteiger partial charge in [-0.2, -0.15) is 0 Å². The van der Waals surface area contributed by atoms with Gasteiger partial charge in [0.05, 0.1) is 33.8 Å². The predicted molar refractivity (Wildman–Crippen MR) is 333 cm³/mol. The van der Waals surface area contributed by atoms with E-state index in [2.05, 4.69) is 232 Å². The van der Waals surface area contributed by atoms with Gasteiger partial charge in [-0.1, -0.05) is 173 Å². The molecule has 0 saturated heterocycles. The van der Waals surface area contributed by atoms with Crippen LogP contribution in [0.25, 0.3) is 119 Å². The molecule has 0 N–H and O–H groups in total. The third-order valence-electron chi connectivity index (χ3n) is 15.1. The first-order chi connectivity index (χ1) is 37.4. The van der Waals surface area contributed by atoms with Gasteiger partial charge in [0.25, 0.3) is 0 Å². The lowest BCUT2D eigenvalue weighted by molar-refractivity contribution is 0.956. The van der Waals surface area contributed by atoms with E-state index in [9.17, 15) is 0 Å². The van der Waals surface area contributed by atoms with Gasteiger partial charge in [0, 0.05) is 53.5 Å². The summed E-state index contributed by atoms with van der Waals surface area (Å²) in [6.07, 6.45) is 19.0. The molecule has 0 unspecified atom stereocenters. The maximum atomic E-state index is 4.95. The van der Waals surface area contributed by atoms with Gasteiger partial charge in [-0.05, 0) is 160 Å². The fraction of sp³-hybridized carbons (Fsp3) is 0.155. The van der Waals surface area contributed by atoms with E-state index in [0.29, 0.717) is 0 Å². The highest BCUT2D eigenvalue weighted by molar-refractivity contribution is 7.26. The third kappa shape index (κ3) is 8.91. The second kappa shape index (κ2) is 21.0. The minimum Gasteiger partial charge on any atom is -0.310 e. The van der Waals surface area contributed by atoms with Crippen molar-refractivity contribution in [3.8, 4) is 44.0 Å². The molecule has 3 nitrogen and oxygen atoms in total. The Hall–Kier alpha value is -7.96. The van der Waals surface area contributed by atoms with Crippen LogP contribution < -0.4 is 0 Å². The second-order valence-electron chi connectivity index (χ2n) is 19.9. The van der Waals surface area contributed by atoms with Crippen LogP contribution in [0.15, 0.2) is 199 Å². The van der Waals surface area contributed by atoms with Crippen molar-refractivity contribution < 1.29 is 0 Å². The summed E-state index contributed by atoms with van der Waals surface area (Å²) in [5.41, 5.74) is 19.4. The van der Waals surface area contributed by atoms with Crippen LogP contribution in [0.5, 0.6) is 0 Å². The van der Waals surface area contributed by atoms with Crippen LogP contribution in [0, 0.1) is 20.8 Å². The molecule has 0 bridgehead atoms. The summed E-state index contributed by atoms with van der Waals surface area (Å²) in [5.74, 6) is 0. The maximum Gasteiger partial charge on any atom is 0.0918 e. The highest BCUT2D eigenvalue weighted by Crippen LogP contribution is 2.48. The number of thiophene rings is 2. The van der Waals surface area contributed by atoms with Gasteiger partial charge in [-0.15, -0.1) is 22.7 Å². The normalized spacial score (nSPS) is 13.1. The SMILES string of the molecule is CC.CCC/C=C\C1=Cc2nc(C)c(-c3ccc(-c4cccs4)cc3)nc2C1.Cc1ccccc1-c1c(C)c2sc3cc4ccccc4cc3c2c2ccc(-c3ccc4c5ccccc5n(C5=CCCC=C5)c4c3)cc12. The largest absolute Gasteiger partial charge is 0.310 e. The van der Waals surface area contributed by atoms with Gasteiger partial charge in [0.1, 0.15) is 0 Å². The number of hydrogen-bond donors (Lipinski definition) is 0. The third-order valence-corrected chi connectivity index (χ3v) is 17.3. The summed E-state index contributed by atoms with van der Waals surface area (Å²) in [7, 11) is 0. The number of allylic oxidation sites excluding steroid dienone is 7. The molecule has 0 spiro atoms. The van der Waals surface area contributed by atoms with Crippen LogP contribution in [0.3, 0.4) is 0 Å². The van der Waals surface area contributed by atoms with E-state index in [1.54, 1.807) is 11.3 Å². The Morgan fingerprint density at radius 3 is 2.13 bits per heavy atom. The second-order valence-corrected chi connectivity index (χ2v) is 21.9. The summed E-state index contributed by atoms with van der Waals surface area (Å²) in [5, 5.41) is 12.7. The monoisotopic (exact) mass is 1020 g/mol. The molecule has 4 heterocycles. The van der Waals surface area contributed by atoms with Gasteiger partial charge >= 0.3 is 0 Å². The minimum atomic E-state index is 0.878. The Balaban J connectivity index is 0.000000176. The van der Waals surface area contributed by atoms with Crippen molar-refractivity contribution in [2.75, 3.05) is 0 Å². The molecule has 0 saturated carbocycles. The fourth-order valence-corrected chi connectivity index (χ4v) is 13.4. The molecule has 0 fully saturated rings. The molecule has 0 radical (unpaired) electrons. The number of benzene rings is 8. The van der Waals surface area contributed by atoms with E-state index in [0.717, 1.165) is 54.0 Å². The van der Waals surface area contributed by atoms with Crippen LogP contribution >= 0.6 is 22.7 Å². The number of rotatable bonds is 8. The van der Waals surface area contributed by atoms with Crippen LogP contribution in [0.2, 0.25) is 0 Å². The number of fused-ring (bicyclic) bond motifs is 10. The molecular weight excluding hydrogens is 959 g/mol. The molecule has 4 aromatic heterocycles. The van der Waals surface area contributed by atoms with Crippen LogP contribution in [0.4, 0.5) is 0 Å². The van der Waals surface area contributed by atoms with Crippen molar-refractivity contribution in [1.82, 2.24) is 14.5 Å². The van der Waals surface area contributed by atoms with Crippen molar-refractivity contribution in [3.05, 3.63) is 227 Å². The highest BCUT2D eigenvalue weighted by Gasteiger charge is 2.22. The van der Waals surface area contributed by atoms with E-state index in [4.69, 9.17) is 9.97 Å². The topological polar surface area (TPSA) is 30.7 Å². The van der Waals surface area contributed by atoms with E-state index < -0.39 is 0 Å². The van der Waals surface area contributed by atoms with E-state index in [1.807, 2.05) is 25.2 Å². The quantitative estimate of drug-likeness (QED) is 0.152. The zero-order chi connectivity index (χ0) is 51.9.